The molecule has 3 aromatic rings. The summed E-state index contributed by atoms with van der Waals surface area (Å²) >= 11 is 0. The molecule has 23 heavy (non-hydrogen) atoms. The molecule has 0 aliphatic heterocycles. The number of rotatable bonds is 1. The van der Waals surface area contributed by atoms with Gasteiger partial charge >= 0.3 is 0 Å². The van der Waals surface area contributed by atoms with Gasteiger partial charge in [-0.15, -0.1) is 0 Å². The molecule has 0 N–H and O–H groups in total. The standard InChI is InChI=1S/C21H27NO/c1-20(2,3)14-8-10-16-17-11-9-15(21(4,5)6)13-19(17)22(23-7)18(16)12-14/h8-13H,1-7H3. The summed E-state index contributed by atoms with van der Waals surface area (Å²) in [6.07, 6.45) is 0. The normalized spacial score (nSPS) is 13.0. The second-order valence-corrected chi connectivity index (χ2v) is 8.44. The lowest BCUT2D eigenvalue weighted by Crippen LogP contribution is -2.12. The Hall–Kier alpha value is -1.96. The number of hydrogen-bond acceptors (Lipinski definition) is 1. The number of hydrogen-bond donors (Lipinski definition) is 0. The molecule has 1 aromatic heterocycles. The fourth-order valence-corrected chi connectivity index (χ4v) is 3.11. The summed E-state index contributed by atoms with van der Waals surface area (Å²) < 4.78 is 1.97. The van der Waals surface area contributed by atoms with E-state index in [0.717, 1.165) is 11.0 Å². The third-order valence-corrected chi connectivity index (χ3v) is 4.64. The molecule has 0 radical (unpaired) electrons. The van der Waals surface area contributed by atoms with Crippen LogP contribution in [0, 0.1) is 0 Å². The van der Waals surface area contributed by atoms with E-state index in [-0.39, 0.29) is 10.8 Å². The minimum Gasteiger partial charge on any atom is -0.416 e. The molecule has 0 unspecified atom stereocenters. The number of benzene rings is 2. The van der Waals surface area contributed by atoms with Gasteiger partial charge in [-0.05, 0) is 34.1 Å². The average Bonchev–Trinajstić information content (AvgIpc) is 2.77. The fourth-order valence-electron chi connectivity index (χ4n) is 3.11. The molecule has 1 heterocycles. The highest BCUT2D eigenvalue weighted by atomic mass is 16.6. The second-order valence-electron chi connectivity index (χ2n) is 8.44. The van der Waals surface area contributed by atoms with E-state index in [1.54, 1.807) is 7.11 Å². The smallest absolute Gasteiger partial charge is 0.104 e. The number of fused-ring (bicyclic) bond motifs is 3. The summed E-state index contributed by atoms with van der Waals surface area (Å²) in [6.45, 7) is 13.5. The first-order valence-electron chi connectivity index (χ1n) is 8.26. The van der Waals surface area contributed by atoms with E-state index in [4.69, 9.17) is 4.84 Å². The number of nitrogens with zero attached hydrogens (tertiary/aromatic N) is 1. The van der Waals surface area contributed by atoms with Crippen molar-refractivity contribution in [1.29, 1.82) is 0 Å². The van der Waals surface area contributed by atoms with Crippen molar-refractivity contribution in [1.82, 2.24) is 4.73 Å². The SMILES string of the molecule is COn1c2cc(C(C)(C)C)ccc2c2ccc(C(C)(C)C)cc21. The van der Waals surface area contributed by atoms with E-state index in [1.807, 2.05) is 4.73 Å². The monoisotopic (exact) mass is 309 g/mol. The van der Waals surface area contributed by atoms with Crippen molar-refractivity contribution in [2.45, 2.75) is 52.4 Å². The van der Waals surface area contributed by atoms with Crippen LogP contribution < -0.4 is 4.84 Å². The lowest BCUT2D eigenvalue weighted by Gasteiger charge is -2.19. The van der Waals surface area contributed by atoms with Gasteiger partial charge in [0, 0.05) is 10.8 Å². The zero-order valence-electron chi connectivity index (χ0n) is 15.3. The summed E-state index contributed by atoms with van der Waals surface area (Å²) in [4.78, 5) is 5.73. The van der Waals surface area contributed by atoms with Crippen LogP contribution in [-0.2, 0) is 10.8 Å². The van der Waals surface area contributed by atoms with E-state index in [2.05, 4.69) is 77.9 Å². The van der Waals surface area contributed by atoms with Gasteiger partial charge in [0.15, 0.2) is 0 Å². The predicted molar refractivity (Wildman–Crippen MR) is 99.3 cm³/mol. The van der Waals surface area contributed by atoms with Crippen molar-refractivity contribution in [3.8, 4) is 0 Å². The molecule has 0 atom stereocenters. The highest BCUT2D eigenvalue weighted by Gasteiger charge is 2.20. The first-order chi connectivity index (χ1) is 10.6. The van der Waals surface area contributed by atoms with Crippen LogP contribution in [0.4, 0.5) is 0 Å². The topological polar surface area (TPSA) is 14.2 Å². The van der Waals surface area contributed by atoms with Crippen LogP contribution in [0.25, 0.3) is 21.8 Å². The zero-order chi connectivity index (χ0) is 17.0. The molecule has 2 nitrogen and oxygen atoms in total. The molecule has 2 aromatic carbocycles. The van der Waals surface area contributed by atoms with E-state index in [9.17, 15) is 0 Å². The number of aromatic nitrogens is 1. The van der Waals surface area contributed by atoms with Gasteiger partial charge in [0.2, 0.25) is 0 Å². The summed E-state index contributed by atoms with van der Waals surface area (Å²) in [5, 5.41) is 2.49. The summed E-state index contributed by atoms with van der Waals surface area (Å²) in [6, 6.07) is 13.4. The van der Waals surface area contributed by atoms with Gasteiger partial charge < -0.3 is 4.84 Å². The molecule has 0 amide bonds. The maximum absolute atomic E-state index is 5.73. The second kappa shape index (κ2) is 5.02. The molecule has 0 spiro atoms. The van der Waals surface area contributed by atoms with Crippen LogP contribution >= 0.6 is 0 Å². The highest BCUT2D eigenvalue weighted by Crippen LogP contribution is 2.34. The Labute approximate surface area is 139 Å². The van der Waals surface area contributed by atoms with Gasteiger partial charge in [-0.2, -0.15) is 4.73 Å². The molecule has 122 valence electrons. The van der Waals surface area contributed by atoms with Crippen molar-refractivity contribution < 1.29 is 4.84 Å². The van der Waals surface area contributed by atoms with E-state index < -0.39 is 0 Å². The third-order valence-electron chi connectivity index (χ3n) is 4.64. The average molecular weight is 309 g/mol. The van der Waals surface area contributed by atoms with Crippen LogP contribution in [0.1, 0.15) is 52.7 Å². The van der Waals surface area contributed by atoms with Crippen molar-refractivity contribution >= 4 is 21.8 Å². The van der Waals surface area contributed by atoms with Gasteiger partial charge in [-0.3, -0.25) is 0 Å². The lowest BCUT2D eigenvalue weighted by atomic mass is 9.86. The van der Waals surface area contributed by atoms with E-state index in [0.29, 0.717) is 0 Å². The minimum absolute atomic E-state index is 0.125. The molecule has 0 saturated carbocycles. The first-order valence-corrected chi connectivity index (χ1v) is 8.26. The summed E-state index contributed by atoms with van der Waals surface area (Å²) in [5.41, 5.74) is 5.17. The van der Waals surface area contributed by atoms with Crippen LogP contribution in [0.15, 0.2) is 36.4 Å². The maximum Gasteiger partial charge on any atom is 0.104 e. The molecule has 0 fully saturated rings. The predicted octanol–water partition coefficient (Wildman–Crippen LogP) is 5.45. The Morgan fingerprint density at radius 2 is 1.09 bits per heavy atom. The van der Waals surface area contributed by atoms with Crippen molar-refractivity contribution in [2.75, 3.05) is 7.11 Å². The molecular weight excluding hydrogens is 282 g/mol. The third kappa shape index (κ3) is 2.60. The molecule has 3 rings (SSSR count). The van der Waals surface area contributed by atoms with Crippen molar-refractivity contribution in [2.24, 2.45) is 0 Å². The zero-order valence-corrected chi connectivity index (χ0v) is 15.3. The minimum atomic E-state index is 0.125. The lowest BCUT2D eigenvalue weighted by molar-refractivity contribution is 0.190. The molecule has 0 bridgehead atoms. The molecular formula is C21H27NO. The van der Waals surface area contributed by atoms with Crippen LogP contribution in [0.5, 0.6) is 0 Å². The van der Waals surface area contributed by atoms with E-state index in [1.165, 1.54) is 21.9 Å². The van der Waals surface area contributed by atoms with Crippen LogP contribution in [0.2, 0.25) is 0 Å². The highest BCUT2D eigenvalue weighted by molar-refractivity contribution is 6.08. The van der Waals surface area contributed by atoms with Gasteiger partial charge in [0.25, 0.3) is 0 Å². The first kappa shape index (κ1) is 15.9. The van der Waals surface area contributed by atoms with Crippen molar-refractivity contribution in [3.63, 3.8) is 0 Å². The Balaban J connectivity index is 2.37. The Kier molecular flexibility index (Phi) is 3.47. The molecule has 0 aliphatic rings. The van der Waals surface area contributed by atoms with Crippen LogP contribution in [-0.4, -0.2) is 11.8 Å². The van der Waals surface area contributed by atoms with Gasteiger partial charge in [-0.25, -0.2) is 0 Å². The Bertz CT molecular complexity index is 801. The Morgan fingerprint density at radius 3 is 1.39 bits per heavy atom. The van der Waals surface area contributed by atoms with Crippen molar-refractivity contribution in [3.05, 3.63) is 47.5 Å². The summed E-state index contributed by atoms with van der Waals surface area (Å²) in [5.74, 6) is 0. The summed E-state index contributed by atoms with van der Waals surface area (Å²) in [7, 11) is 1.74. The van der Waals surface area contributed by atoms with E-state index >= 15 is 0 Å². The Morgan fingerprint density at radius 1 is 0.696 bits per heavy atom. The molecule has 0 aliphatic carbocycles. The van der Waals surface area contributed by atoms with Gasteiger partial charge in [0.1, 0.15) is 7.11 Å². The quantitative estimate of drug-likeness (QED) is 0.583. The molecule has 2 heteroatoms. The maximum atomic E-state index is 5.73. The largest absolute Gasteiger partial charge is 0.416 e. The molecule has 0 saturated heterocycles. The van der Waals surface area contributed by atoms with Gasteiger partial charge in [-0.1, -0.05) is 65.8 Å². The van der Waals surface area contributed by atoms with Gasteiger partial charge in [0.05, 0.1) is 11.0 Å². The fraction of sp³-hybridized carbons (Fsp3) is 0.429. The van der Waals surface area contributed by atoms with Crippen LogP contribution in [0.3, 0.4) is 0 Å².